The fourth-order valence-electron chi connectivity index (χ4n) is 1.65. The third-order valence-corrected chi connectivity index (χ3v) is 3.42. The highest BCUT2D eigenvalue weighted by atomic mass is 32.1. The van der Waals surface area contributed by atoms with E-state index in [-0.39, 0.29) is 19.1 Å². The Bertz CT molecular complexity index is 661. The number of aromatic nitrogens is 3. The summed E-state index contributed by atoms with van der Waals surface area (Å²) in [7, 11) is 0. The minimum atomic E-state index is -0.180. The molecule has 6 nitrogen and oxygen atoms in total. The summed E-state index contributed by atoms with van der Waals surface area (Å²) in [6.45, 7) is 2.55. The fourth-order valence-corrected chi connectivity index (χ4v) is 2.28. The molecular formula is C15H16N4O2S. The number of hydrogen-bond donors (Lipinski definition) is 1. The molecule has 0 radical (unpaired) electrons. The van der Waals surface area contributed by atoms with Crippen molar-refractivity contribution < 1.29 is 9.53 Å². The minimum Gasteiger partial charge on any atom is -0.479 e. The van der Waals surface area contributed by atoms with Crippen LogP contribution in [0, 0.1) is 11.8 Å². The van der Waals surface area contributed by atoms with Crippen molar-refractivity contribution in [3.8, 4) is 17.6 Å². The van der Waals surface area contributed by atoms with Crippen LogP contribution in [0.15, 0.2) is 24.5 Å². The Morgan fingerprint density at radius 1 is 1.45 bits per heavy atom. The smallest absolute Gasteiger partial charge is 0.265 e. The number of aryl methyl sites for hydroxylation is 1. The summed E-state index contributed by atoms with van der Waals surface area (Å²) in [6, 6.07) is 3.60. The summed E-state index contributed by atoms with van der Waals surface area (Å²) in [4.78, 5) is 16.5. The SMILES string of the molecule is CCCc1nnsc1C(=O)NCC#CCOc1cccnc1. The van der Waals surface area contributed by atoms with E-state index in [1.54, 1.807) is 18.5 Å². The molecule has 0 bridgehead atoms. The third-order valence-electron chi connectivity index (χ3n) is 2.66. The molecule has 1 N–H and O–H groups in total. The first kappa shape index (κ1) is 15.9. The maximum absolute atomic E-state index is 12.0. The molecule has 0 aliphatic heterocycles. The Morgan fingerprint density at radius 2 is 2.36 bits per heavy atom. The van der Waals surface area contributed by atoms with Gasteiger partial charge in [-0.1, -0.05) is 29.7 Å². The zero-order valence-corrected chi connectivity index (χ0v) is 13.0. The molecule has 0 unspecified atom stereocenters. The second-order valence-electron chi connectivity index (χ2n) is 4.31. The number of nitrogens with one attached hydrogen (secondary N) is 1. The van der Waals surface area contributed by atoms with Gasteiger partial charge >= 0.3 is 0 Å². The number of rotatable bonds is 6. The zero-order valence-electron chi connectivity index (χ0n) is 12.2. The van der Waals surface area contributed by atoms with Crippen LogP contribution >= 0.6 is 11.5 Å². The maximum Gasteiger partial charge on any atom is 0.265 e. The molecule has 2 rings (SSSR count). The topological polar surface area (TPSA) is 77.0 Å². The Balaban J connectivity index is 1.73. The number of amides is 1. The molecular weight excluding hydrogens is 300 g/mol. The summed E-state index contributed by atoms with van der Waals surface area (Å²) < 4.78 is 9.19. The van der Waals surface area contributed by atoms with Gasteiger partial charge in [-0.25, -0.2) is 0 Å². The number of pyridine rings is 1. The fraction of sp³-hybridized carbons (Fsp3) is 0.333. The molecule has 0 atom stereocenters. The monoisotopic (exact) mass is 316 g/mol. The molecule has 7 heteroatoms. The van der Waals surface area contributed by atoms with Crippen LogP contribution in [0.4, 0.5) is 0 Å². The van der Waals surface area contributed by atoms with Crippen molar-refractivity contribution in [1.29, 1.82) is 0 Å². The Morgan fingerprint density at radius 3 is 3.14 bits per heavy atom. The van der Waals surface area contributed by atoms with E-state index in [9.17, 15) is 4.79 Å². The van der Waals surface area contributed by atoms with Crippen LogP contribution in [0.3, 0.4) is 0 Å². The van der Waals surface area contributed by atoms with Crippen LogP contribution in [-0.2, 0) is 6.42 Å². The van der Waals surface area contributed by atoms with Crippen molar-refractivity contribution in [1.82, 2.24) is 19.9 Å². The predicted molar refractivity (Wildman–Crippen MR) is 83.7 cm³/mol. The lowest BCUT2D eigenvalue weighted by atomic mass is 10.2. The van der Waals surface area contributed by atoms with E-state index in [0.29, 0.717) is 10.6 Å². The Hall–Kier alpha value is -2.46. The molecule has 2 heterocycles. The Labute approximate surface area is 133 Å². The van der Waals surface area contributed by atoms with Crippen LogP contribution < -0.4 is 10.1 Å². The first-order chi connectivity index (χ1) is 10.8. The summed E-state index contributed by atoms with van der Waals surface area (Å²) in [5.74, 6) is 6.16. The van der Waals surface area contributed by atoms with Gasteiger partial charge in [0.25, 0.3) is 5.91 Å². The van der Waals surface area contributed by atoms with Crippen molar-refractivity contribution >= 4 is 17.4 Å². The predicted octanol–water partition coefficient (Wildman–Crippen LogP) is 1.70. The molecule has 1 amide bonds. The van der Waals surface area contributed by atoms with Gasteiger partial charge in [0.1, 0.15) is 17.2 Å². The molecule has 114 valence electrons. The van der Waals surface area contributed by atoms with E-state index < -0.39 is 0 Å². The summed E-state index contributed by atoms with van der Waals surface area (Å²) >= 11 is 1.11. The van der Waals surface area contributed by atoms with Gasteiger partial charge in [-0.2, -0.15) is 0 Å². The molecule has 0 saturated heterocycles. The van der Waals surface area contributed by atoms with Crippen LogP contribution in [0.1, 0.15) is 28.7 Å². The van der Waals surface area contributed by atoms with Crippen LogP contribution in [0.25, 0.3) is 0 Å². The van der Waals surface area contributed by atoms with Gasteiger partial charge in [-0.15, -0.1) is 5.10 Å². The van der Waals surface area contributed by atoms with Crippen molar-refractivity contribution in [2.45, 2.75) is 19.8 Å². The second kappa shape index (κ2) is 8.74. The summed E-state index contributed by atoms with van der Waals surface area (Å²) in [5, 5.41) is 6.70. The maximum atomic E-state index is 12.0. The van der Waals surface area contributed by atoms with Crippen molar-refractivity contribution in [2.75, 3.05) is 13.2 Å². The van der Waals surface area contributed by atoms with Crippen molar-refractivity contribution in [3.05, 3.63) is 35.1 Å². The summed E-state index contributed by atoms with van der Waals surface area (Å²) in [6.07, 6.45) is 4.98. The zero-order chi connectivity index (χ0) is 15.6. The van der Waals surface area contributed by atoms with Gasteiger partial charge in [0.15, 0.2) is 0 Å². The van der Waals surface area contributed by atoms with Crippen molar-refractivity contribution in [2.24, 2.45) is 0 Å². The largest absolute Gasteiger partial charge is 0.479 e. The first-order valence-corrected chi connectivity index (χ1v) is 7.66. The molecule has 0 fully saturated rings. The molecule has 0 spiro atoms. The summed E-state index contributed by atoms with van der Waals surface area (Å²) in [5.41, 5.74) is 0.748. The molecule has 22 heavy (non-hydrogen) atoms. The quantitative estimate of drug-likeness (QED) is 0.821. The highest BCUT2D eigenvalue weighted by Gasteiger charge is 2.14. The molecule has 2 aromatic heterocycles. The van der Waals surface area contributed by atoms with E-state index in [4.69, 9.17) is 4.74 Å². The van der Waals surface area contributed by atoms with Gasteiger partial charge in [0, 0.05) is 6.20 Å². The standard InChI is InChI=1S/C15H16N4O2S/c1-2-6-13-14(22-19-18-13)15(20)17-9-3-4-10-21-12-7-5-8-16-11-12/h5,7-8,11H,2,6,9-10H2,1H3,(H,17,20). The van der Waals surface area contributed by atoms with Crippen LogP contribution in [0.2, 0.25) is 0 Å². The molecule has 0 aromatic carbocycles. The average molecular weight is 316 g/mol. The lowest BCUT2D eigenvalue weighted by Gasteiger charge is -2.00. The molecule has 0 saturated carbocycles. The minimum absolute atomic E-state index is 0.180. The third kappa shape index (κ3) is 4.82. The Kier molecular flexibility index (Phi) is 6.33. The van der Waals surface area contributed by atoms with Gasteiger partial charge in [-0.3, -0.25) is 9.78 Å². The highest BCUT2D eigenvalue weighted by molar-refractivity contribution is 7.08. The van der Waals surface area contributed by atoms with Crippen molar-refractivity contribution in [3.63, 3.8) is 0 Å². The lowest BCUT2D eigenvalue weighted by Crippen LogP contribution is -2.23. The highest BCUT2D eigenvalue weighted by Crippen LogP contribution is 2.11. The first-order valence-electron chi connectivity index (χ1n) is 6.89. The van der Waals surface area contributed by atoms with E-state index in [1.165, 1.54) is 0 Å². The van der Waals surface area contributed by atoms with E-state index in [2.05, 4.69) is 31.7 Å². The van der Waals surface area contributed by atoms with Gasteiger partial charge in [0.05, 0.1) is 18.4 Å². The van der Waals surface area contributed by atoms with Gasteiger partial charge in [-0.05, 0) is 30.1 Å². The van der Waals surface area contributed by atoms with Gasteiger partial charge in [0.2, 0.25) is 0 Å². The number of carbonyl (C=O) groups is 1. The van der Waals surface area contributed by atoms with E-state index in [0.717, 1.165) is 30.1 Å². The molecule has 0 aliphatic carbocycles. The van der Waals surface area contributed by atoms with Gasteiger partial charge < -0.3 is 10.1 Å². The van der Waals surface area contributed by atoms with E-state index in [1.807, 2.05) is 13.0 Å². The number of hydrogen-bond acceptors (Lipinski definition) is 6. The normalized spacial score (nSPS) is 9.68. The number of ether oxygens (including phenoxy) is 1. The number of nitrogens with zero attached hydrogens (tertiary/aromatic N) is 3. The van der Waals surface area contributed by atoms with Crippen LogP contribution in [0.5, 0.6) is 5.75 Å². The molecule has 2 aromatic rings. The average Bonchev–Trinajstić information content (AvgIpc) is 3.00. The number of carbonyl (C=O) groups excluding carboxylic acids is 1. The van der Waals surface area contributed by atoms with E-state index >= 15 is 0 Å². The van der Waals surface area contributed by atoms with Crippen LogP contribution in [-0.4, -0.2) is 33.6 Å². The molecule has 0 aliphatic rings. The lowest BCUT2D eigenvalue weighted by molar-refractivity contribution is 0.0961. The second-order valence-corrected chi connectivity index (χ2v) is 5.07.